The van der Waals surface area contributed by atoms with Gasteiger partial charge in [0.15, 0.2) is 5.43 Å². The number of nitrogens with zero attached hydrogens (tertiary/aromatic N) is 1. The van der Waals surface area contributed by atoms with Crippen molar-refractivity contribution >= 4 is 40.0 Å². The van der Waals surface area contributed by atoms with Crippen LogP contribution in [-0.2, 0) is 0 Å². The van der Waals surface area contributed by atoms with Gasteiger partial charge in [-0.15, -0.1) is 0 Å². The molecule has 0 aliphatic heterocycles. The fourth-order valence-electron chi connectivity index (χ4n) is 3.00. The van der Waals surface area contributed by atoms with Gasteiger partial charge in [0.2, 0.25) is 0 Å². The van der Waals surface area contributed by atoms with Gasteiger partial charge in [-0.05, 0) is 51.0 Å². The molecule has 0 saturated carbocycles. The Kier molecular flexibility index (Phi) is 7.94. The molecule has 2 N–H and O–H groups in total. The molecule has 1 aromatic heterocycles. The number of hydrogen-bond acceptors (Lipinski definition) is 3. The Morgan fingerprint density at radius 3 is 2.46 bits per heavy atom. The highest BCUT2D eigenvalue weighted by atomic mass is 35.5. The van der Waals surface area contributed by atoms with E-state index in [1.165, 1.54) is 12.1 Å². The van der Waals surface area contributed by atoms with Gasteiger partial charge in [-0.1, -0.05) is 37.0 Å². The molecule has 0 radical (unpaired) electrons. The summed E-state index contributed by atoms with van der Waals surface area (Å²) in [5.74, 6) is -0.308. The highest BCUT2D eigenvalue weighted by Crippen LogP contribution is 2.24. The molecule has 1 aromatic carbocycles. The Morgan fingerprint density at radius 2 is 1.81 bits per heavy atom. The number of amides is 1. The van der Waals surface area contributed by atoms with E-state index >= 15 is 0 Å². The summed E-state index contributed by atoms with van der Waals surface area (Å²) in [6.07, 6.45) is 3.10. The summed E-state index contributed by atoms with van der Waals surface area (Å²) in [7, 11) is 0. The van der Waals surface area contributed by atoms with E-state index in [4.69, 9.17) is 23.2 Å². The SMILES string of the molecule is CCCN(CCC)CCCNC(=O)c1cc(=O)c2c(Cl)cc(Cl)cc2[nH]1. The third kappa shape index (κ3) is 5.47. The van der Waals surface area contributed by atoms with E-state index in [1.807, 2.05) is 0 Å². The maximum Gasteiger partial charge on any atom is 0.267 e. The Bertz CT molecular complexity index is 814. The zero-order valence-corrected chi connectivity index (χ0v) is 16.7. The molecule has 0 aliphatic rings. The summed E-state index contributed by atoms with van der Waals surface area (Å²) >= 11 is 12.1. The van der Waals surface area contributed by atoms with Gasteiger partial charge in [0.1, 0.15) is 5.69 Å². The van der Waals surface area contributed by atoms with E-state index in [1.54, 1.807) is 6.07 Å². The molecule has 7 heteroatoms. The van der Waals surface area contributed by atoms with Crippen LogP contribution in [0, 0.1) is 0 Å². The van der Waals surface area contributed by atoms with Crippen LogP contribution in [0.2, 0.25) is 10.0 Å². The average Bonchev–Trinajstić information content (AvgIpc) is 2.57. The molecule has 142 valence electrons. The zero-order chi connectivity index (χ0) is 19.1. The highest BCUT2D eigenvalue weighted by Gasteiger charge is 2.12. The number of aromatic amines is 1. The topological polar surface area (TPSA) is 65.2 Å². The van der Waals surface area contributed by atoms with Crippen molar-refractivity contribution < 1.29 is 4.79 Å². The Labute approximate surface area is 163 Å². The molecule has 0 bridgehead atoms. The molecule has 2 rings (SSSR count). The van der Waals surface area contributed by atoms with Gasteiger partial charge >= 0.3 is 0 Å². The largest absolute Gasteiger partial charge is 0.351 e. The Balaban J connectivity index is 2.00. The first-order chi connectivity index (χ1) is 12.5. The van der Waals surface area contributed by atoms with Crippen LogP contribution in [-0.4, -0.2) is 42.0 Å². The molecule has 2 aromatic rings. The third-order valence-corrected chi connectivity index (χ3v) is 4.62. The minimum absolute atomic E-state index is 0.208. The van der Waals surface area contributed by atoms with Crippen molar-refractivity contribution in [2.75, 3.05) is 26.2 Å². The van der Waals surface area contributed by atoms with Crippen LogP contribution in [0.5, 0.6) is 0 Å². The van der Waals surface area contributed by atoms with Crippen molar-refractivity contribution in [3.63, 3.8) is 0 Å². The Morgan fingerprint density at radius 1 is 1.12 bits per heavy atom. The van der Waals surface area contributed by atoms with E-state index in [0.29, 0.717) is 22.5 Å². The standard InChI is InChI=1S/C19H25Cl2N3O2/c1-3-7-24(8-4-2)9-5-6-22-19(26)16-12-17(25)18-14(21)10-13(20)11-15(18)23-16/h10-12H,3-9H2,1-2H3,(H,22,26)(H,23,25). The highest BCUT2D eigenvalue weighted by molar-refractivity contribution is 6.38. The van der Waals surface area contributed by atoms with Crippen molar-refractivity contribution in [1.29, 1.82) is 0 Å². The van der Waals surface area contributed by atoms with E-state index < -0.39 is 0 Å². The summed E-state index contributed by atoms with van der Waals surface area (Å²) < 4.78 is 0. The van der Waals surface area contributed by atoms with Crippen molar-refractivity contribution in [3.8, 4) is 0 Å². The molecule has 26 heavy (non-hydrogen) atoms. The van der Waals surface area contributed by atoms with Gasteiger partial charge in [0.05, 0.1) is 15.9 Å². The van der Waals surface area contributed by atoms with Crippen LogP contribution >= 0.6 is 23.2 Å². The summed E-state index contributed by atoms with van der Waals surface area (Å²) in [6, 6.07) is 4.38. The van der Waals surface area contributed by atoms with E-state index in [9.17, 15) is 9.59 Å². The van der Waals surface area contributed by atoms with Crippen molar-refractivity contribution in [1.82, 2.24) is 15.2 Å². The maximum atomic E-state index is 12.3. The van der Waals surface area contributed by atoms with Crippen molar-refractivity contribution in [2.45, 2.75) is 33.1 Å². The van der Waals surface area contributed by atoms with Gasteiger partial charge in [-0.3, -0.25) is 9.59 Å². The van der Waals surface area contributed by atoms with E-state index in [0.717, 1.165) is 38.9 Å². The van der Waals surface area contributed by atoms with Crippen LogP contribution in [0.3, 0.4) is 0 Å². The van der Waals surface area contributed by atoms with Gasteiger partial charge < -0.3 is 15.2 Å². The molecule has 5 nitrogen and oxygen atoms in total. The lowest BCUT2D eigenvalue weighted by atomic mass is 10.2. The normalized spacial score (nSPS) is 11.3. The Hall–Kier alpha value is -1.56. The number of H-pyrrole nitrogens is 1. The lowest BCUT2D eigenvalue weighted by Gasteiger charge is -2.20. The number of pyridine rings is 1. The molecule has 1 heterocycles. The second-order valence-corrected chi connectivity index (χ2v) is 7.15. The number of halogens is 2. The number of aromatic nitrogens is 1. The zero-order valence-electron chi connectivity index (χ0n) is 15.2. The minimum atomic E-state index is -0.308. The fourth-order valence-corrected chi connectivity index (χ4v) is 3.58. The fraction of sp³-hybridized carbons (Fsp3) is 0.474. The number of nitrogens with one attached hydrogen (secondary N) is 2. The first-order valence-electron chi connectivity index (χ1n) is 8.98. The van der Waals surface area contributed by atoms with Crippen molar-refractivity contribution in [2.24, 2.45) is 0 Å². The lowest BCUT2D eigenvalue weighted by molar-refractivity contribution is 0.0947. The predicted octanol–water partition coefficient (Wildman–Crippen LogP) is 4.08. The summed E-state index contributed by atoms with van der Waals surface area (Å²) in [5, 5.41) is 3.87. The van der Waals surface area contributed by atoms with Gasteiger partial charge in [0.25, 0.3) is 5.91 Å². The molecule has 0 spiro atoms. The number of hydrogen-bond donors (Lipinski definition) is 2. The van der Waals surface area contributed by atoms with Gasteiger partial charge in [0, 0.05) is 17.6 Å². The van der Waals surface area contributed by atoms with E-state index in [2.05, 4.69) is 29.0 Å². The third-order valence-electron chi connectivity index (χ3n) is 4.11. The number of carbonyl (C=O) groups is 1. The van der Waals surface area contributed by atoms with Crippen LogP contribution in [0.15, 0.2) is 23.0 Å². The molecule has 0 saturated heterocycles. The average molecular weight is 398 g/mol. The number of benzene rings is 1. The molecule has 0 unspecified atom stereocenters. The van der Waals surface area contributed by atoms with Crippen molar-refractivity contribution in [3.05, 3.63) is 44.2 Å². The number of rotatable bonds is 9. The first kappa shape index (κ1) is 20.7. The monoisotopic (exact) mass is 397 g/mol. The molecule has 0 aliphatic carbocycles. The molecular weight excluding hydrogens is 373 g/mol. The molecular formula is C19H25Cl2N3O2. The van der Waals surface area contributed by atoms with Crippen LogP contribution in [0.1, 0.15) is 43.6 Å². The summed E-state index contributed by atoms with van der Waals surface area (Å²) in [4.78, 5) is 30.0. The quantitative estimate of drug-likeness (QED) is 0.626. The minimum Gasteiger partial charge on any atom is -0.351 e. The molecule has 0 fully saturated rings. The smallest absolute Gasteiger partial charge is 0.267 e. The van der Waals surface area contributed by atoms with E-state index in [-0.39, 0.29) is 22.1 Å². The molecule has 0 atom stereocenters. The van der Waals surface area contributed by atoms with Crippen LogP contribution in [0.25, 0.3) is 10.9 Å². The maximum absolute atomic E-state index is 12.3. The first-order valence-corrected chi connectivity index (χ1v) is 9.74. The number of fused-ring (bicyclic) bond motifs is 1. The summed E-state index contributed by atoms with van der Waals surface area (Å²) in [6.45, 7) is 7.97. The predicted molar refractivity (Wildman–Crippen MR) is 109 cm³/mol. The van der Waals surface area contributed by atoms with Crippen LogP contribution < -0.4 is 10.7 Å². The second kappa shape index (κ2) is 9.95. The van der Waals surface area contributed by atoms with Gasteiger partial charge in [-0.25, -0.2) is 0 Å². The second-order valence-electron chi connectivity index (χ2n) is 6.31. The molecule has 1 amide bonds. The van der Waals surface area contributed by atoms with Gasteiger partial charge in [-0.2, -0.15) is 0 Å². The number of carbonyl (C=O) groups excluding carboxylic acids is 1. The lowest BCUT2D eigenvalue weighted by Crippen LogP contribution is -2.31. The van der Waals surface area contributed by atoms with Crippen LogP contribution in [0.4, 0.5) is 0 Å². The summed E-state index contributed by atoms with van der Waals surface area (Å²) in [5.41, 5.74) is 0.361.